The van der Waals surface area contributed by atoms with Gasteiger partial charge in [0.2, 0.25) is 5.91 Å². The van der Waals surface area contributed by atoms with Gasteiger partial charge in [0.05, 0.1) is 11.3 Å². The second kappa shape index (κ2) is 9.30. The number of thioether (sulfide) groups is 1. The number of fused-ring (bicyclic) bond motifs is 1. The van der Waals surface area contributed by atoms with E-state index in [4.69, 9.17) is 0 Å². The Kier molecular flexibility index (Phi) is 6.06. The zero-order valence-corrected chi connectivity index (χ0v) is 19.2. The number of hydrogen-bond acceptors (Lipinski definition) is 7. The van der Waals surface area contributed by atoms with Crippen LogP contribution in [-0.4, -0.2) is 44.1 Å². The Morgan fingerprint density at radius 1 is 1.00 bits per heavy atom. The number of urea groups is 1. The van der Waals surface area contributed by atoms with E-state index in [1.54, 1.807) is 0 Å². The van der Waals surface area contributed by atoms with E-state index in [-0.39, 0.29) is 11.7 Å². The van der Waals surface area contributed by atoms with Gasteiger partial charge in [-0.05, 0) is 37.1 Å². The van der Waals surface area contributed by atoms with Crippen molar-refractivity contribution < 1.29 is 14.4 Å². The third kappa shape index (κ3) is 4.41. The van der Waals surface area contributed by atoms with E-state index >= 15 is 0 Å². The van der Waals surface area contributed by atoms with E-state index in [9.17, 15) is 14.4 Å². The molecular formula is C24H24N6O3S. The number of hydrogen-bond donors (Lipinski definition) is 3. The number of anilines is 2. The molecule has 3 N–H and O–H groups in total. The van der Waals surface area contributed by atoms with Crippen molar-refractivity contribution in [2.24, 2.45) is 0 Å². The lowest BCUT2D eigenvalue weighted by molar-refractivity contribution is -0.139. The lowest BCUT2D eigenvalue weighted by Crippen LogP contribution is -2.51. The van der Waals surface area contributed by atoms with Gasteiger partial charge in [0.1, 0.15) is 11.4 Å². The highest BCUT2D eigenvalue weighted by molar-refractivity contribution is 7.99. The van der Waals surface area contributed by atoms with Crippen molar-refractivity contribution in [3.8, 4) is 0 Å². The van der Waals surface area contributed by atoms with Crippen LogP contribution in [0.4, 0.5) is 16.3 Å². The van der Waals surface area contributed by atoms with Crippen LogP contribution in [0, 0.1) is 0 Å². The second-order valence-electron chi connectivity index (χ2n) is 8.40. The van der Waals surface area contributed by atoms with Gasteiger partial charge in [0.25, 0.3) is 5.91 Å². The maximum absolute atomic E-state index is 12.9. The molecule has 10 heteroatoms. The molecule has 2 aliphatic rings. The molecule has 1 spiro atoms. The van der Waals surface area contributed by atoms with Gasteiger partial charge < -0.3 is 10.6 Å². The Labute approximate surface area is 200 Å². The molecule has 2 fully saturated rings. The van der Waals surface area contributed by atoms with Crippen LogP contribution in [0.1, 0.15) is 32.1 Å². The summed E-state index contributed by atoms with van der Waals surface area (Å²) in [7, 11) is 0. The minimum atomic E-state index is -0.880. The molecule has 3 aromatic rings. The number of para-hydroxylation sites is 2. The quantitative estimate of drug-likeness (QED) is 0.282. The summed E-state index contributed by atoms with van der Waals surface area (Å²) >= 11 is 1.14. The van der Waals surface area contributed by atoms with Crippen LogP contribution >= 0.6 is 11.8 Å². The van der Waals surface area contributed by atoms with Crippen molar-refractivity contribution >= 4 is 52.0 Å². The number of rotatable bonds is 6. The monoisotopic (exact) mass is 476 g/mol. The van der Waals surface area contributed by atoms with E-state index in [1.165, 1.54) is 0 Å². The first-order valence-electron chi connectivity index (χ1n) is 11.2. The smallest absolute Gasteiger partial charge is 0.340 e. The third-order valence-electron chi connectivity index (χ3n) is 6.06. The number of benzene rings is 2. The number of carbonyl (C=O) groups is 3. The number of aromatic nitrogens is 2. The fraction of sp³-hybridized carbons (Fsp3) is 0.292. The van der Waals surface area contributed by atoms with Gasteiger partial charge in [-0.2, -0.15) is 5.01 Å². The fourth-order valence-electron chi connectivity index (χ4n) is 4.38. The van der Waals surface area contributed by atoms with Gasteiger partial charge in [-0.3, -0.25) is 15.0 Å². The molecule has 1 aromatic heterocycles. The average molecular weight is 477 g/mol. The van der Waals surface area contributed by atoms with Gasteiger partial charge in [0, 0.05) is 11.1 Å². The molecular weight excluding hydrogens is 452 g/mol. The van der Waals surface area contributed by atoms with Crippen molar-refractivity contribution in [2.75, 3.05) is 11.1 Å². The average Bonchev–Trinajstić information content (AvgIpc) is 3.07. The molecule has 4 amide bonds. The summed E-state index contributed by atoms with van der Waals surface area (Å²) in [5.41, 5.74) is 3.20. The predicted molar refractivity (Wildman–Crippen MR) is 129 cm³/mol. The summed E-state index contributed by atoms with van der Waals surface area (Å²) < 4.78 is 0. The third-order valence-corrected chi connectivity index (χ3v) is 6.90. The Bertz CT molecular complexity index is 1250. The highest BCUT2D eigenvalue weighted by Crippen LogP contribution is 2.33. The summed E-state index contributed by atoms with van der Waals surface area (Å²) in [6, 6.07) is 16.7. The fourth-order valence-corrected chi connectivity index (χ4v) is 5.02. The number of carbonyl (C=O) groups excluding carboxylic acids is 3. The minimum Gasteiger partial charge on any atom is -0.340 e. The van der Waals surface area contributed by atoms with Crippen LogP contribution in [0.15, 0.2) is 59.8 Å². The molecule has 1 aliphatic carbocycles. The molecule has 34 heavy (non-hydrogen) atoms. The molecule has 174 valence electrons. The van der Waals surface area contributed by atoms with Crippen LogP contribution < -0.4 is 16.1 Å². The van der Waals surface area contributed by atoms with Gasteiger partial charge in [-0.15, -0.1) is 0 Å². The number of hydrazine groups is 1. The largest absolute Gasteiger partial charge is 0.344 e. The van der Waals surface area contributed by atoms with E-state index in [0.29, 0.717) is 23.8 Å². The Morgan fingerprint density at radius 2 is 1.74 bits per heavy atom. The summed E-state index contributed by atoms with van der Waals surface area (Å²) in [4.78, 5) is 47.0. The highest BCUT2D eigenvalue weighted by atomic mass is 32.2. The Morgan fingerprint density at radius 3 is 2.53 bits per heavy atom. The van der Waals surface area contributed by atoms with E-state index in [2.05, 4.69) is 26.0 Å². The molecule has 0 unspecified atom stereocenters. The van der Waals surface area contributed by atoms with Gasteiger partial charge in [-0.25, -0.2) is 14.8 Å². The molecule has 1 aliphatic heterocycles. The van der Waals surface area contributed by atoms with E-state index < -0.39 is 17.5 Å². The van der Waals surface area contributed by atoms with Gasteiger partial charge in [0.15, 0.2) is 5.16 Å². The summed E-state index contributed by atoms with van der Waals surface area (Å²) in [6.45, 7) is 0. The molecule has 0 radical (unpaired) electrons. The number of nitrogens with one attached hydrogen (secondary N) is 3. The molecule has 9 nitrogen and oxygen atoms in total. The van der Waals surface area contributed by atoms with Crippen molar-refractivity contribution in [2.45, 2.75) is 42.8 Å². The molecule has 2 heterocycles. The van der Waals surface area contributed by atoms with E-state index in [0.717, 1.165) is 52.6 Å². The maximum atomic E-state index is 12.9. The van der Waals surface area contributed by atoms with Crippen LogP contribution in [0.25, 0.3) is 10.9 Å². The zero-order valence-electron chi connectivity index (χ0n) is 18.4. The minimum absolute atomic E-state index is 0.0484. The van der Waals surface area contributed by atoms with Crippen molar-refractivity contribution in [3.05, 3.63) is 54.6 Å². The van der Waals surface area contributed by atoms with Crippen molar-refractivity contribution in [1.29, 1.82) is 0 Å². The van der Waals surface area contributed by atoms with Gasteiger partial charge >= 0.3 is 6.03 Å². The lowest BCUT2D eigenvalue weighted by atomic mass is 9.82. The summed E-state index contributed by atoms with van der Waals surface area (Å²) in [5, 5.41) is 8.18. The maximum Gasteiger partial charge on any atom is 0.344 e. The lowest BCUT2D eigenvalue weighted by Gasteiger charge is -2.30. The highest BCUT2D eigenvalue weighted by Gasteiger charge is 2.52. The number of amides is 4. The topological polar surface area (TPSA) is 116 Å². The van der Waals surface area contributed by atoms with Crippen LogP contribution in [-0.2, 0) is 9.59 Å². The predicted octanol–water partition coefficient (Wildman–Crippen LogP) is 3.75. The SMILES string of the molecule is O=C(CSc1nc(Nc2ccccc2)c2ccccc2n1)NN1C(=O)NC2(CCCCC2)C1=O. The molecule has 1 saturated carbocycles. The standard InChI is InChI=1S/C24H24N6O3S/c31-19(29-30-21(32)24(28-23(30)33)13-7-2-8-14-24)15-34-22-26-18-12-6-5-11-17(18)20(27-22)25-16-9-3-1-4-10-16/h1,3-6,9-12H,2,7-8,13-15H2,(H,28,33)(H,29,31)(H,25,26,27). The van der Waals surface area contributed by atoms with Crippen LogP contribution in [0.3, 0.4) is 0 Å². The van der Waals surface area contributed by atoms with E-state index in [1.807, 2.05) is 54.6 Å². The molecule has 0 atom stereocenters. The van der Waals surface area contributed by atoms with Crippen LogP contribution in [0.2, 0.25) is 0 Å². The van der Waals surface area contributed by atoms with Gasteiger partial charge in [-0.1, -0.05) is 61.4 Å². The molecule has 0 bridgehead atoms. The van der Waals surface area contributed by atoms with Crippen molar-refractivity contribution in [1.82, 2.24) is 25.7 Å². The normalized spacial score (nSPS) is 17.1. The molecule has 5 rings (SSSR count). The summed E-state index contributed by atoms with van der Waals surface area (Å²) in [5.74, 6) is -0.275. The first-order valence-corrected chi connectivity index (χ1v) is 12.2. The second-order valence-corrected chi connectivity index (χ2v) is 9.34. The Hall–Kier alpha value is -3.66. The first-order chi connectivity index (χ1) is 16.5. The van der Waals surface area contributed by atoms with Crippen molar-refractivity contribution in [3.63, 3.8) is 0 Å². The summed E-state index contributed by atoms with van der Waals surface area (Å²) in [6.07, 6.45) is 3.99. The Balaban J connectivity index is 1.28. The number of nitrogens with zero attached hydrogens (tertiary/aromatic N) is 3. The first kappa shape index (κ1) is 22.1. The zero-order chi connectivity index (χ0) is 23.5. The van der Waals surface area contributed by atoms with Crippen LogP contribution in [0.5, 0.6) is 0 Å². The number of imide groups is 1. The molecule has 1 saturated heterocycles. The molecule has 2 aromatic carbocycles.